The smallest absolute Gasteiger partial charge is 0.212 e. The molecule has 76 valence electrons. The number of carbonyl (C=O) groups is 1. The first-order valence-electron chi connectivity index (χ1n) is 4.45. The van der Waals surface area contributed by atoms with Gasteiger partial charge in [0, 0.05) is 23.2 Å². The standard InChI is InChI=1S/C9H17O3P/c1-8(2)5-7(10)6-9(3,4)13(8,11)12/h5-6H2,1-4H3,(H,11,12). The monoisotopic (exact) mass is 204 g/mol. The van der Waals surface area contributed by atoms with Crippen LogP contribution in [0.25, 0.3) is 0 Å². The van der Waals surface area contributed by atoms with Gasteiger partial charge in [-0.05, 0) is 0 Å². The SMILES string of the molecule is CC1(C)CC(=O)CC(C)(C)P1(=O)O. The highest BCUT2D eigenvalue weighted by Crippen LogP contribution is 2.68. The van der Waals surface area contributed by atoms with E-state index in [2.05, 4.69) is 0 Å². The van der Waals surface area contributed by atoms with E-state index in [-0.39, 0.29) is 18.6 Å². The van der Waals surface area contributed by atoms with Gasteiger partial charge in [-0.1, -0.05) is 27.7 Å². The fraction of sp³-hybridized carbons (Fsp3) is 0.889. The highest BCUT2D eigenvalue weighted by Gasteiger charge is 2.55. The van der Waals surface area contributed by atoms with Crippen molar-refractivity contribution in [1.82, 2.24) is 0 Å². The molecule has 0 spiro atoms. The van der Waals surface area contributed by atoms with Crippen LogP contribution in [0.5, 0.6) is 0 Å². The number of ketones is 1. The van der Waals surface area contributed by atoms with Gasteiger partial charge in [0.15, 0.2) is 0 Å². The molecule has 1 heterocycles. The first kappa shape index (κ1) is 10.9. The molecule has 1 aliphatic rings. The van der Waals surface area contributed by atoms with Crippen molar-refractivity contribution in [3.05, 3.63) is 0 Å². The Morgan fingerprint density at radius 3 is 1.77 bits per heavy atom. The normalized spacial score (nSPS) is 30.1. The maximum absolute atomic E-state index is 12.1. The molecular weight excluding hydrogens is 187 g/mol. The van der Waals surface area contributed by atoms with E-state index in [4.69, 9.17) is 0 Å². The van der Waals surface area contributed by atoms with E-state index in [9.17, 15) is 14.3 Å². The van der Waals surface area contributed by atoms with Crippen molar-refractivity contribution in [2.75, 3.05) is 0 Å². The Morgan fingerprint density at radius 2 is 1.46 bits per heavy atom. The molecule has 0 aliphatic carbocycles. The second-order valence-electron chi connectivity index (χ2n) is 5.09. The molecule has 13 heavy (non-hydrogen) atoms. The van der Waals surface area contributed by atoms with Crippen molar-refractivity contribution in [2.24, 2.45) is 0 Å². The summed E-state index contributed by atoms with van der Waals surface area (Å²) in [5.41, 5.74) is 0. The summed E-state index contributed by atoms with van der Waals surface area (Å²) in [6, 6.07) is 0. The fourth-order valence-electron chi connectivity index (χ4n) is 2.06. The molecule has 0 radical (unpaired) electrons. The molecule has 4 heteroatoms. The van der Waals surface area contributed by atoms with Gasteiger partial charge in [-0.2, -0.15) is 0 Å². The third-order valence-electron chi connectivity index (χ3n) is 2.90. The van der Waals surface area contributed by atoms with Crippen LogP contribution in [0.15, 0.2) is 0 Å². The molecule has 0 atom stereocenters. The lowest BCUT2D eigenvalue weighted by molar-refractivity contribution is -0.120. The molecule has 0 bridgehead atoms. The van der Waals surface area contributed by atoms with E-state index in [0.29, 0.717) is 0 Å². The van der Waals surface area contributed by atoms with Crippen LogP contribution in [0.3, 0.4) is 0 Å². The number of hydrogen-bond donors (Lipinski definition) is 1. The van der Waals surface area contributed by atoms with Gasteiger partial charge in [-0.25, -0.2) is 0 Å². The van der Waals surface area contributed by atoms with E-state index in [1.54, 1.807) is 27.7 Å². The van der Waals surface area contributed by atoms with Crippen molar-refractivity contribution < 1.29 is 14.3 Å². The predicted octanol–water partition coefficient (Wildman–Crippen LogP) is 2.18. The van der Waals surface area contributed by atoms with Gasteiger partial charge in [-0.3, -0.25) is 9.36 Å². The van der Waals surface area contributed by atoms with Crippen LogP contribution in [0, 0.1) is 0 Å². The molecule has 1 aliphatic heterocycles. The van der Waals surface area contributed by atoms with Crippen molar-refractivity contribution in [2.45, 2.75) is 50.8 Å². The number of Topliss-reactive ketones (excluding diaryl/α,β-unsaturated/α-hetero) is 1. The molecule has 0 aromatic rings. The Labute approximate surface area is 79.0 Å². The van der Waals surface area contributed by atoms with Gasteiger partial charge in [0.05, 0.1) is 0 Å². The van der Waals surface area contributed by atoms with Gasteiger partial charge in [-0.15, -0.1) is 0 Å². The molecule has 0 saturated carbocycles. The van der Waals surface area contributed by atoms with E-state index >= 15 is 0 Å². The Morgan fingerprint density at radius 1 is 1.15 bits per heavy atom. The van der Waals surface area contributed by atoms with Crippen LogP contribution in [0.1, 0.15) is 40.5 Å². The van der Waals surface area contributed by atoms with E-state index in [0.717, 1.165) is 0 Å². The van der Waals surface area contributed by atoms with Crippen LogP contribution < -0.4 is 0 Å². The number of hydrogen-bond acceptors (Lipinski definition) is 2. The van der Waals surface area contributed by atoms with Crippen LogP contribution in [0.4, 0.5) is 0 Å². The first-order valence-corrected chi connectivity index (χ1v) is 6.11. The van der Waals surface area contributed by atoms with Crippen LogP contribution in [-0.2, 0) is 9.36 Å². The average molecular weight is 204 g/mol. The van der Waals surface area contributed by atoms with E-state index < -0.39 is 17.7 Å². The molecule has 1 N–H and O–H groups in total. The summed E-state index contributed by atoms with van der Waals surface area (Å²) in [7, 11) is -3.25. The third-order valence-corrected chi connectivity index (χ3v) is 6.50. The number of rotatable bonds is 0. The maximum Gasteiger partial charge on any atom is 0.212 e. The minimum Gasteiger partial charge on any atom is -0.344 e. The summed E-state index contributed by atoms with van der Waals surface area (Å²) in [5, 5.41) is -1.52. The molecular formula is C9H17O3P. The molecule has 0 aromatic carbocycles. The largest absolute Gasteiger partial charge is 0.344 e. The molecule has 1 fully saturated rings. The van der Waals surface area contributed by atoms with Gasteiger partial charge >= 0.3 is 0 Å². The lowest BCUT2D eigenvalue weighted by Gasteiger charge is -2.44. The van der Waals surface area contributed by atoms with E-state index in [1.807, 2.05) is 0 Å². The predicted molar refractivity (Wildman–Crippen MR) is 52.2 cm³/mol. The summed E-state index contributed by atoms with van der Waals surface area (Å²) >= 11 is 0. The quantitative estimate of drug-likeness (QED) is 0.615. The third kappa shape index (κ3) is 1.49. The second kappa shape index (κ2) is 2.68. The molecule has 1 saturated heterocycles. The minimum atomic E-state index is -3.25. The van der Waals surface area contributed by atoms with Crippen molar-refractivity contribution in [3.63, 3.8) is 0 Å². The maximum atomic E-state index is 12.1. The minimum absolute atomic E-state index is 0.0931. The Kier molecular flexibility index (Phi) is 2.25. The molecule has 3 nitrogen and oxygen atoms in total. The van der Waals surface area contributed by atoms with E-state index in [1.165, 1.54) is 0 Å². The van der Waals surface area contributed by atoms with Gasteiger partial charge in [0.25, 0.3) is 0 Å². The highest BCUT2D eigenvalue weighted by atomic mass is 31.2. The Bertz CT molecular complexity index is 267. The first-order chi connectivity index (χ1) is 5.60. The van der Waals surface area contributed by atoms with Crippen LogP contribution in [0.2, 0.25) is 0 Å². The summed E-state index contributed by atoms with van der Waals surface area (Å²) in [6.45, 7) is 6.80. The zero-order valence-electron chi connectivity index (χ0n) is 8.63. The van der Waals surface area contributed by atoms with Crippen molar-refractivity contribution in [3.8, 4) is 0 Å². The molecule has 1 rings (SSSR count). The van der Waals surface area contributed by atoms with Crippen LogP contribution >= 0.6 is 7.37 Å². The summed E-state index contributed by atoms with van der Waals surface area (Å²) < 4.78 is 12.1. The lowest BCUT2D eigenvalue weighted by Crippen LogP contribution is -2.42. The number of carbonyl (C=O) groups excluding carboxylic acids is 1. The molecule has 0 unspecified atom stereocenters. The molecule has 0 aromatic heterocycles. The zero-order valence-corrected chi connectivity index (χ0v) is 9.52. The van der Waals surface area contributed by atoms with Crippen molar-refractivity contribution in [1.29, 1.82) is 0 Å². The van der Waals surface area contributed by atoms with Gasteiger partial charge in [0.2, 0.25) is 7.37 Å². The Balaban J connectivity index is 3.19. The second-order valence-corrected chi connectivity index (χ2v) is 8.67. The topological polar surface area (TPSA) is 54.4 Å². The summed E-state index contributed by atoms with van der Waals surface area (Å²) in [4.78, 5) is 21.3. The van der Waals surface area contributed by atoms with Crippen molar-refractivity contribution >= 4 is 13.2 Å². The van der Waals surface area contributed by atoms with Crippen LogP contribution in [-0.4, -0.2) is 21.0 Å². The molecule has 0 amide bonds. The lowest BCUT2D eigenvalue weighted by atomic mass is 9.97. The zero-order chi connectivity index (χ0) is 10.5. The Hall–Kier alpha value is -0.140. The fourth-order valence-corrected chi connectivity index (χ4v) is 4.48. The average Bonchev–Trinajstić information content (AvgIpc) is 1.80. The summed E-state index contributed by atoms with van der Waals surface area (Å²) in [6.07, 6.45) is 0.453. The highest BCUT2D eigenvalue weighted by molar-refractivity contribution is 7.61. The van der Waals surface area contributed by atoms with Gasteiger partial charge < -0.3 is 4.89 Å². The summed E-state index contributed by atoms with van der Waals surface area (Å²) in [5.74, 6) is 0.0931. The van der Waals surface area contributed by atoms with Gasteiger partial charge in [0.1, 0.15) is 5.78 Å².